The number of halogens is 1. The molecule has 0 aliphatic rings. The van der Waals surface area contributed by atoms with Crippen molar-refractivity contribution >= 4 is 21.4 Å². The first-order valence-corrected chi connectivity index (χ1v) is 10.4. The van der Waals surface area contributed by atoms with Gasteiger partial charge in [0.2, 0.25) is 0 Å². The summed E-state index contributed by atoms with van der Waals surface area (Å²) in [6, 6.07) is 14.7. The van der Waals surface area contributed by atoms with Crippen molar-refractivity contribution in [1.29, 1.82) is 0 Å². The summed E-state index contributed by atoms with van der Waals surface area (Å²) in [4.78, 5) is 10.1. The van der Waals surface area contributed by atoms with Gasteiger partial charge < -0.3 is 9.47 Å². The number of hydrogen-bond acceptors (Lipinski definition) is 6. The minimum Gasteiger partial charge on any atom is -0.493 e. The van der Waals surface area contributed by atoms with Gasteiger partial charge in [-0.3, -0.25) is 14.4 Å². The summed E-state index contributed by atoms with van der Waals surface area (Å²) in [7, 11) is -1.34. The molecule has 0 aliphatic heterocycles. The van der Waals surface area contributed by atoms with Gasteiger partial charge in [0.25, 0.3) is 15.7 Å². The number of nitrogens with zero attached hydrogens (tertiary/aromatic N) is 2. The molecule has 0 saturated heterocycles. The second-order valence-corrected chi connectivity index (χ2v) is 8.30. The molecule has 3 aromatic carbocycles. The predicted octanol–water partition coefficient (Wildman–Crippen LogP) is 4.15. The third-order valence-electron chi connectivity index (χ3n) is 4.49. The predicted molar refractivity (Wildman–Crippen MR) is 112 cm³/mol. The van der Waals surface area contributed by atoms with Gasteiger partial charge in [-0.1, -0.05) is 18.2 Å². The van der Waals surface area contributed by atoms with Crippen LogP contribution in [0.4, 0.5) is 15.8 Å². The smallest absolute Gasteiger partial charge is 0.270 e. The zero-order valence-electron chi connectivity index (χ0n) is 16.7. The highest BCUT2D eigenvalue weighted by Gasteiger charge is 2.27. The van der Waals surface area contributed by atoms with Crippen molar-refractivity contribution < 1.29 is 27.2 Å². The average molecular weight is 446 g/mol. The third kappa shape index (κ3) is 4.75. The Bertz CT molecular complexity index is 1220. The summed E-state index contributed by atoms with van der Waals surface area (Å²) in [6.45, 7) is -0.172. The number of anilines is 1. The van der Waals surface area contributed by atoms with E-state index in [0.29, 0.717) is 17.1 Å². The molecule has 0 saturated carbocycles. The molecule has 0 heterocycles. The summed E-state index contributed by atoms with van der Waals surface area (Å²) in [5, 5.41) is 11.1. The normalized spacial score (nSPS) is 11.1. The first kappa shape index (κ1) is 22.0. The van der Waals surface area contributed by atoms with E-state index in [4.69, 9.17) is 9.47 Å². The molecule has 0 N–H and O–H groups in total. The SMILES string of the molecule is COc1ccc(CN(c2cccc(F)c2)S(=O)(=O)c2cccc([N+](=O)[O-])c2)cc1OC. The minimum absolute atomic E-state index is 0.0706. The van der Waals surface area contributed by atoms with Crippen LogP contribution < -0.4 is 13.8 Å². The molecule has 10 heteroatoms. The summed E-state index contributed by atoms with van der Waals surface area (Å²) in [5.74, 6) is 0.237. The minimum atomic E-state index is -4.27. The maximum Gasteiger partial charge on any atom is 0.270 e. The average Bonchev–Trinajstić information content (AvgIpc) is 2.77. The van der Waals surface area contributed by atoms with E-state index < -0.39 is 20.8 Å². The highest BCUT2D eigenvalue weighted by Crippen LogP contribution is 2.32. The second kappa shape index (κ2) is 9.00. The Hall–Kier alpha value is -3.66. The van der Waals surface area contributed by atoms with Crippen LogP contribution in [-0.4, -0.2) is 27.6 Å². The molecule has 0 radical (unpaired) electrons. The summed E-state index contributed by atoms with van der Waals surface area (Å²) in [6.07, 6.45) is 0. The molecule has 3 rings (SSSR count). The van der Waals surface area contributed by atoms with Gasteiger partial charge in [0, 0.05) is 12.1 Å². The van der Waals surface area contributed by atoms with Gasteiger partial charge in [0.05, 0.1) is 36.3 Å². The monoisotopic (exact) mass is 446 g/mol. The van der Waals surface area contributed by atoms with Crippen molar-refractivity contribution in [1.82, 2.24) is 0 Å². The van der Waals surface area contributed by atoms with Gasteiger partial charge in [-0.25, -0.2) is 12.8 Å². The van der Waals surface area contributed by atoms with Crippen molar-refractivity contribution in [2.24, 2.45) is 0 Å². The van der Waals surface area contributed by atoms with E-state index in [9.17, 15) is 22.9 Å². The van der Waals surface area contributed by atoms with Crippen LogP contribution in [0.1, 0.15) is 5.56 Å². The third-order valence-corrected chi connectivity index (χ3v) is 6.26. The first-order valence-electron chi connectivity index (χ1n) is 9.00. The number of methoxy groups -OCH3 is 2. The number of sulfonamides is 1. The molecule has 0 bridgehead atoms. The number of ether oxygens (including phenoxy) is 2. The molecule has 0 aliphatic carbocycles. The maximum absolute atomic E-state index is 13.9. The van der Waals surface area contributed by atoms with E-state index in [-0.39, 0.29) is 22.8 Å². The van der Waals surface area contributed by atoms with Crippen molar-refractivity contribution in [3.63, 3.8) is 0 Å². The number of rotatable bonds is 8. The van der Waals surface area contributed by atoms with Crippen LogP contribution in [0.5, 0.6) is 11.5 Å². The fraction of sp³-hybridized carbons (Fsp3) is 0.143. The Morgan fingerprint density at radius 3 is 2.32 bits per heavy atom. The molecule has 0 fully saturated rings. The van der Waals surface area contributed by atoms with E-state index in [1.165, 1.54) is 50.6 Å². The number of non-ortho nitro benzene ring substituents is 1. The Morgan fingerprint density at radius 2 is 1.68 bits per heavy atom. The summed E-state index contributed by atoms with van der Waals surface area (Å²) < 4.78 is 52.2. The Kier molecular flexibility index (Phi) is 6.40. The van der Waals surface area contributed by atoms with Crippen LogP contribution in [0, 0.1) is 15.9 Å². The highest BCUT2D eigenvalue weighted by molar-refractivity contribution is 7.92. The molecule has 0 spiro atoms. The van der Waals surface area contributed by atoms with Gasteiger partial charge in [0.15, 0.2) is 11.5 Å². The lowest BCUT2D eigenvalue weighted by Gasteiger charge is -2.25. The lowest BCUT2D eigenvalue weighted by molar-refractivity contribution is -0.385. The van der Waals surface area contributed by atoms with Crippen molar-refractivity contribution in [2.75, 3.05) is 18.5 Å². The van der Waals surface area contributed by atoms with Gasteiger partial charge in [-0.05, 0) is 42.0 Å². The summed E-state index contributed by atoms with van der Waals surface area (Å²) in [5.41, 5.74) is 0.239. The molecule has 8 nitrogen and oxygen atoms in total. The van der Waals surface area contributed by atoms with Gasteiger partial charge in [-0.15, -0.1) is 0 Å². The fourth-order valence-electron chi connectivity index (χ4n) is 2.98. The van der Waals surface area contributed by atoms with Crippen molar-refractivity contribution in [3.8, 4) is 11.5 Å². The number of nitro benzene ring substituents is 1. The van der Waals surface area contributed by atoms with Crippen LogP contribution in [-0.2, 0) is 16.6 Å². The van der Waals surface area contributed by atoms with Gasteiger partial charge >= 0.3 is 0 Å². The van der Waals surface area contributed by atoms with E-state index >= 15 is 0 Å². The molecule has 3 aromatic rings. The first-order chi connectivity index (χ1) is 14.8. The molecular weight excluding hydrogens is 427 g/mol. The van der Waals surface area contributed by atoms with E-state index in [1.54, 1.807) is 18.2 Å². The largest absolute Gasteiger partial charge is 0.493 e. The summed E-state index contributed by atoms with van der Waals surface area (Å²) >= 11 is 0. The standard InChI is InChI=1S/C21H19FN2O6S/c1-29-20-10-9-15(11-21(20)30-2)14-23(17-6-3-5-16(22)12-17)31(27,28)19-8-4-7-18(13-19)24(25)26/h3-13H,14H2,1-2H3. The maximum atomic E-state index is 13.9. The van der Waals surface area contributed by atoms with Crippen LogP contribution >= 0.6 is 0 Å². The second-order valence-electron chi connectivity index (χ2n) is 6.44. The number of hydrogen-bond donors (Lipinski definition) is 0. The van der Waals surface area contributed by atoms with Crippen LogP contribution in [0.15, 0.2) is 71.6 Å². The van der Waals surface area contributed by atoms with E-state index in [0.717, 1.165) is 16.4 Å². The molecule has 0 atom stereocenters. The molecule has 0 aromatic heterocycles. The fourth-order valence-corrected chi connectivity index (χ4v) is 4.46. The quantitative estimate of drug-likeness (QED) is 0.381. The lowest BCUT2D eigenvalue weighted by atomic mass is 10.2. The zero-order valence-corrected chi connectivity index (χ0v) is 17.5. The number of benzene rings is 3. The zero-order chi connectivity index (χ0) is 22.6. The topological polar surface area (TPSA) is 99.0 Å². The van der Waals surface area contributed by atoms with Crippen LogP contribution in [0.2, 0.25) is 0 Å². The Labute approximate surface area is 178 Å². The molecule has 162 valence electrons. The van der Waals surface area contributed by atoms with Crippen molar-refractivity contribution in [3.05, 3.63) is 88.2 Å². The van der Waals surface area contributed by atoms with Crippen LogP contribution in [0.3, 0.4) is 0 Å². The highest BCUT2D eigenvalue weighted by atomic mass is 32.2. The van der Waals surface area contributed by atoms with Gasteiger partial charge in [-0.2, -0.15) is 0 Å². The van der Waals surface area contributed by atoms with Crippen molar-refractivity contribution in [2.45, 2.75) is 11.4 Å². The number of nitro groups is 1. The van der Waals surface area contributed by atoms with Gasteiger partial charge in [0.1, 0.15) is 5.82 Å². The molecule has 31 heavy (non-hydrogen) atoms. The molecular formula is C21H19FN2O6S. The molecule has 0 unspecified atom stereocenters. The van der Waals surface area contributed by atoms with E-state index in [2.05, 4.69) is 0 Å². The lowest BCUT2D eigenvalue weighted by Crippen LogP contribution is -2.30. The molecule has 0 amide bonds. The Balaban J connectivity index is 2.11. The van der Waals surface area contributed by atoms with Crippen LogP contribution in [0.25, 0.3) is 0 Å². The van der Waals surface area contributed by atoms with E-state index in [1.807, 2.05) is 0 Å². The Morgan fingerprint density at radius 1 is 0.968 bits per heavy atom.